The van der Waals surface area contributed by atoms with Gasteiger partial charge in [0, 0.05) is 17.1 Å². The Morgan fingerprint density at radius 2 is 0.907 bits per heavy atom. The monoisotopic (exact) mass is 693 g/mol. The number of benzene rings is 9. The normalized spacial score (nSPS) is 11.7. The van der Waals surface area contributed by atoms with Crippen LogP contribution < -0.4 is 4.90 Å². The Kier molecular flexibility index (Phi) is 8.36. The molecule has 0 aliphatic carbocycles. The topological polar surface area (TPSA) is 3.24 Å². The maximum absolute atomic E-state index is 2.43. The largest absolute Gasteiger partial charge is 0.310 e. The minimum Gasteiger partial charge on any atom is -0.310 e. The summed E-state index contributed by atoms with van der Waals surface area (Å²) < 4.78 is 0. The molecule has 9 aromatic carbocycles. The van der Waals surface area contributed by atoms with E-state index in [2.05, 4.69) is 221 Å². The van der Waals surface area contributed by atoms with Gasteiger partial charge in [0.05, 0.1) is 0 Å². The van der Waals surface area contributed by atoms with Gasteiger partial charge in [0.15, 0.2) is 0 Å². The number of nitrogens with zero attached hydrogens (tertiary/aromatic N) is 1. The molecule has 0 spiro atoms. The van der Waals surface area contributed by atoms with E-state index in [0.29, 0.717) is 0 Å². The summed E-state index contributed by atoms with van der Waals surface area (Å²) in [6, 6.07) is 69.2. The van der Waals surface area contributed by atoms with Gasteiger partial charge in [-0.15, -0.1) is 0 Å². The van der Waals surface area contributed by atoms with Crippen LogP contribution >= 0.6 is 0 Å². The zero-order valence-electron chi connectivity index (χ0n) is 31.3. The summed E-state index contributed by atoms with van der Waals surface area (Å²) >= 11 is 0. The average molecular weight is 694 g/mol. The van der Waals surface area contributed by atoms with Gasteiger partial charge in [0.2, 0.25) is 0 Å². The SMILES string of the molecule is Cc1cccc(N(c2ccc(C(C)(C)C)cc2)c2ccc3c(c2)c2ccccc2c2c(-c4ccccc4)cc(-c4ccccc4)c(-c4ccccc4)c32)c1. The maximum Gasteiger partial charge on any atom is 0.0468 e. The standard InChI is InChI=1S/C53H43N/c1-36-17-16-24-42(33-36)54(41-29-27-40(28-30-41)53(2,3)4)43-31-32-46-49(34-43)44-25-14-15-26-45(44)51-48(38-20-10-6-11-21-38)35-47(37-18-8-5-9-19-37)50(52(46)51)39-22-12-7-13-23-39/h5-35H,1-4H3. The first-order valence-electron chi connectivity index (χ1n) is 18.9. The maximum atomic E-state index is 2.43. The van der Waals surface area contributed by atoms with E-state index >= 15 is 0 Å². The molecule has 0 radical (unpaired) electrons. The molecule has 0 saturated heterocycles. The van der Waals surface area contributed by atoms with Gasteiger partial charge in [-0.3, -0.25) is 0 Å². The average Bonchev–Trinajstić information content (AvgIpc) is 3.21. The highest BCUT2D eigenvalue weighted by Crippen LogP contribution is 2.50. The summed E-state index contributed by atoms with van der Waals surface area (Å²) in [6.45, 7) is 8.99. The lowest BCUT2D eigenvalue weighted by molar-refractivity contribution is 0.590. The van der Waals surface area contributed by atoms with Gasteiger partial charge in [-0.05, 0) is 132 Å². The molecule has 0 unspecified atom stereocenters. The lowest BCUT2D eigenvalue weighted by Crippen LogP contribution is -2.13. The molecule has 9 aromatic rings. The van der Waals surface area contributed by atoms with Crippen molar-refractivity contribution in [2.24, 2.45) is 0 Å². The van der Waals surface area contributed by atoms with Crippen LogP contribution in [0.3, 0.4) is 0 Å². The van der Waals surface area contributed by atoms with E-state index in [-0.39, 0.29) is 5.41 Å². The van der Waals surface area contributed by atoms with Gasteiger partial charge < -0.3 is 4.90 Å². The van der Waals surface area contributed by atoms with Crippen molar-refractivity contribution in [3.8, 4) is 33.4 Å². The van der Waals surface area contributed by atoms with Crippen molar-refractivity contribution in [2.45, 2.75) is 33.1 Å². The minimum atomic E-state index is 0.0727. The molecule has 0 saturated carbocycles. The van der Waals surface area contributed by atoms with Crippen LogP contribution in [0, 0.1) is 6.92 Å². The predicted molar refractivity (Wildman–Crippen MR) is 233 cm³/mol. The van der Waals surface area contributed by atoms with Crippen molar-refractivity contribution in [2.75, 3.05) is 4.90 Å². The third-order valence-corrected chi connectivity index (χ3v) is 10.8. The highest BCUT2D eigenvalue weighted by molar-refractivity contribution is 6.33. The molecule has 9 rings (SSSR count). The molecule has 0 aromatic heterocycles. The molecule has 0 N–H and O–H groups in total. The zero-order chi connectivity index (χ0) is 36.8. The third-order valence-electron chi connectivity index (χ3n) is 10.8. The Balaban J connectivity index is 1.42. The number of anilines is 3. The molecule has 0 aliphatic rings. The van der Waals surface area contributed by atoms with Crippen molar-refractivity contribution in [3.63, 3.8) is 0 Å². The van der Waals surface area contributed by atoms with E-state index in [1.54, 1.807) is 0 Å². The quantitative estimate of drug-likeness (QED) is 0.157. The van der Waals surface area contributed by atoms with Crippen LogP contribution in [0.2, 0.25) is 0 Å². The third kappa shape index (κ3) is 5.93. The van der Waals surface area contributed by atoms with Gasteiger partial charge in [-0.1, -0.05) is 166 Å². The second-order valence-electron chi connectivity index (χ2n) is 15.4. The predicted octanol–water partition coefficient (Wildman–Crippen LogP) is 15.2. The highest BCUT2D eigenvalue weighted by Gasteiger charge is 2.23. The van der Waals surface area contributed by atoms with E-state index in [1.165, 1.54) is 76.8 Å². The van der Waals surface area contributed by atoms with Crippen molar-refractivity contribution in [1.29, 1.82) is 0 Å². The molecule has 54 heavy (non-hydrogen) atoms. The number of hydrogen-bond donors (Lipinski definition) is 0. The fraction of sp³-hybridized carbons (Fsp3) is 0.0943. The lowest BCUT2D eigenvalue weighted by atomic mass is 9.81. The molecule has 1 nitrogen and oxygen atoms in total. The Morgan fingerprint density at radius 1 is 0.370 bits per heavy atom. The fourth-order valence-electron chi connectivity index (χ4n) is 8.20. The van der Waals surface area contributed by atoms with E-state index in [0.717, 1.165) is 17.1 Å². The zero-order valence-corrected chi connectivity index (χ0v) is 31.3. The Morgan fingerprint density at radius 3 is 1.54 bits per heavy atom. The summed E-state index contributed by atoms with van der Waals surface area (Å²) in [6.07, 6.45) is 0. The van der Waals surface area contributed by atoms with Crippen LogP contribution in [-0.4, -0.2) is 0 Å². The van der Waals surface area contributed by atoms with Crippen molar-refractivity contribution >= 4 is 49.4 Å². The van der Waals surface area contributed by atoms with Gasteiger partial charge >= 0.3 is 0 Å². The summed E-state index contributed by atoms with van der Waals surface area (Å²) in [5.74, 6) is 0. The minimum absolute atomic E-state index is 0.0727. The van der Waals surface area contributed by atoms with Crippen molar-refractivity contribution in [1.82, 2.24) is 0 Å². The lowest BCUT2D eigenvalue weighted by Gasteiger charge is -2.28. The smallest absolute Gasteiger partial charge is 0.0468 e. The van der Waals surface area contributed by atoms with E-state index in [4.69, 9.17) is 0 Å². The van der Waals surface area contributed by atoms with E-state index < -0.39 is 0 Å². The second kappa shape index (κ2) is 13.5. The molecular weight excluding hydrogens is 651 g/mol. The Labute approximate surface area is 318 Å². The number of hydrogen-bond acceptors (Lipinski definition) is 1. The summed E-state index contributed by atoms with van der Waals surface area (Å²) in [7, 11) is 0. The molecule has 0 fully saturated rings. The van der Waals surface area contributed by atoms with Crippen LogP contribution in [0.5, 0.6) is 0 Å². The van der Waals surface area contributed by atoms with Crippen LogP contribution in [0.25, 0.3) is 65.7 Å². The molecule has 1 heteroatoms. The molecular formula is C53H43N. The molecule has 0 atom stereocenters. The first-order chi connectivity index (χ1) is 26.3. The molecule has 0 bridgehead atoms. The first-order valence-corrected chi connectivity index (χ1v) is 18.9. The Bertz CT molecular complexity index is 2770. The second-order valence-corrected chi connectivity index (χ2v) is 15.4. The van der Waals surface area contributed by atoms with Crippen LogP contribution in [0.15, 0.2) is 188 Å². The number of rotatable bonds is 6. The van der Waals surface area contributed by atoms with Gasteiger partial charge in [0.1, 0.15) is 0 Å². The van der Waals surface area contributed by atoms with Crippen LogP contribution in [0.1, 0.15) is 31.9 Å². The van der Waals surface area contributed by atoms with E-state index in [9.17, 15) is 0 Å². The molecule has 0 aliphatic heterocycles. The molecule has 0 amide bonds. The van der Waals surface area contributed by atoms with Crippen LogP contribution in [-0.2, 0) is 5.41 Å². The summed E-state index contributed by atoms with van der Waals surface area (Å²) in [4.78, 5) is 2.41. The van der Waals surface area contributed by atoms with Crippen molar-refractivity contribution < 1.29 is 0 Å². The highest BCUT2D eigenvalue weighted by atomic mass is 15.1. The van der Waals surface area contributed by atoms with Crippen LogP contribution in [0.4, 0.5) is 17.1 Å². The van der Waals surface area contributed by atoms with E-state index in [1.807, 2.05) is 0 Å². The molecule has 0 heterocycles. The fourth-order valence-corrected chi connectivity index (χ4v) is 8.20. The van der Waals surface area contributed by atoms with Gasteiger partial charge in [-0.2, -0.15) is 0 Å². The number of aryl methyl sites for hydroxylation is 1. The number of fused-ring (bicyclic) bond motifs is 6. The Hall–Kier alpha value is -6.44. The first kappa shape index (κ1) is 33.4. The summed E-state index contributed by atoms with van der Waals surface area (Å²) in [5, 5.41) is 7.54. The van der Waals surface area contributed by atoms with Crippen molar-refractivity contribution in [3.05, 3.63) is 199 Å². The van der Waals surface area contributed by atoms with Gasteiger partial charge in [-0.25, -0.2) is 0 Å². The van der Waals surface area contributed by atoms with Gasteiger partial charge in [0.25, 0.3) is 0 Å². The summed E-state index contributed by atoms with van der Waals surface area (Å²) in [5.41, 5.74) is 13.4. The molecule has 260 valence electrons.